The number of benzene rings is 1. The lowest BCUT2D eigenvalue weighted by Gasteiger charge is -1.84. The van der Waals surface area contributed by atoms with E-state index in [-0.39, 0.29) is 0 Å². The van der Waals surface area contributed by atoms with Crippen molar-refractivity contribution >= 4 is 23.2 Å². The third-order valence-corrected chi connectivity index (χ3v) is 2.45. The summed E-state index contributed by atoms with van der Waals surface area (Å²) in [5.41, 5.74) is 3.13. The van der Waals surface area contributed by atoms with Gasteiger partial charge in [-0.25, -0.2) is 4.98 Å². The molecule has 0 fully saturated rings. The molecule has 78 valence electrons. The summed E-state index contributed by atoms with van der Waals surface area (Å²) in [7, 11) is 0. The highest BCUT2D eigenvalue weighted by Gasteiger charge is 1.97. The number of aromatic nitrogens is 3. The third kappa shape index (κ3) is 1.63. The molecule has 2 N–H and O–H groups in total. The molecule has 3 aromatic rings. The SMILES string of the molecule is C(=Cc1nc2ccccc2[nH]1)c1ccc[nH]1. The van der Waals surface area contributed by atoms with E-state index in [0.29, 0.717) is 0 Å². The van der Waals surface area contributed by atoms with Crippen LogP contribution in [0.2, 0.25) is 0 Å². The fourth-order valence-corrected chi connectivity index (χ4v) is 1.67. The Bertz CT molecular complexity index is 584. The van der Waals surface area contributed by atoms with Crippen molar-refractivity contribution in [1.82, 2.24) is 15.0 Å². The van der Waals surface area contributed by atoms with E-state index in [4.69, 9.17) is 0 Å². The van der Waals surface area contributed by atoms with Crippen LogP contribution in [0, 0.1) is 0 Å². The average molecular weight is 209 g/mol. The third-order valence-electron chi connectivity index (χ3n) is 2.45. The van der Waals surface area contributed by atoms with E-state index >= 15 is 0 Å². The topological polar surface area (TPSA) is 44.5 Å². The molecule has 0 spiro atoms. The van der Waals surface area contributed by atoms with Gasteiger partial charge in [0.1, 0.15) is 5.82 Å². The normalized spacial score (nSPS) is 11.5. The largest absolute Gasteiger partial charge is 0.362 e. The molecule has 0 saturated heterocycles. The maximum atomic E-state index is 4.46. The fraction of sp³-hybridized carbons (Fsp3) is 0. The maximum Gasteiger partial charge on any atom is 0.131 e. The minimum atomic E-state index is 0.871. The van der Waals surface area contributed by atoms with Crippen molar-refractivity contribution in [2.24, 2.45) is 0 Å². The predicted octanol–water partition coefficient (Wildman–Crippen LogP) is 3.06. The van der Waals surface area contributed by atoms with Crippen LogP contribution < -0.4 is 0 Å². The van der Waals surface area contributed by atoms with Crippen LogP contribution in [0.15, 0.2) is 42.6 Å². The van der Waals surface area contributed by atoms with Crippen molar-refractivity contribution < 1.29 is 0 Å². The number of rotatable bonds is 2. The first-order valence-electron chi connectivity index (χ1n) is 5.18. The van der Waals surface area contributed by atoms with E-state index in [9.17, 15) is 0 Å². The Hall–Kier alpha value is -2.29. The number of para-hydroxylation sites is 2. The standard InChI is InChI=1S/C13H11N3/c1-2-6-12-11(5-1)15-13(16-12)8-7-10-4-3-9-14-10/h1-9,14H,(H,15,16). The molecule has 2 heterocycles. The van der Waals surface area contributed by atoms with Crippen LogP contribution in [0.25, 0.3) is 23.2 Å². The first-order valence-corrected chi connectivity index (χ1v) is 5.18. The second-order valence-electron chi connectivity index (χ2n) is 3.60. The van der Waals surface area contributed by atoms with Crippen molar-refractivity contribution in [3.05, 3.63) is 54.1 Å². The molecule has 0 aliphatic carbocycles. The number of hydrogen-bond acceptors (Lipinski definition) is 1. The van der Waals surface area contributed by atoms with Crippen LogP contribution in [0.4, 0.5) is 0 Å². The monoisotopic (exact) mass is 209 g/mol. The molecule has 0 aliphatic heterocycles. The smallest absolute Gasteiger partial charge is 0.131 e. The number of fused-ring (bicyclic) bond motifs is 1. The van der Waals surface area contributed by atoms with Crippen molar-refractivity contribution in [2.45, 2.75) is 0 Å². The zero-order chi connectivity index (χ0) is 10.8. The van der Waals surface area contributed by atoms with Crippen LogP contribution in [-0.4, -0.2) is 15.0 Å². The van der Waals surface area contributed by atoms with Crippen LogP contribution >= 0.6 is 0 Å². The van der Waals surface area contributed by atoms with Crippen LogP contribution in [-0.2, 0) is 0 Å². The van der Waals surface area contributed by atoms with Gasteiger partial charge in [-0.1, -0.05) is 12.1 Å². The van der Waals surface area contributed by atoms with Crippen molar-refractivity contribution in [1.29, 1.82) is 0 Å². The Kier molecular flexibility index (Phi) is 2.07. The lowest BCUT2D eigenvalue weighted by molar-refractivity contribution is 1.29. The van der Waals surface area contributed by atoms with Gasteiger partial charge in [-0.05, 0) is 36.4 Å². The fourth-order valence-electron chi connectivity index (χ4n) is 1.67. The Morgan fingerprint density at radius 3 is 2.75 bits per heavy atom. The van der Waals surface area contributed by atoms with Gasteiger partial charge in [0.25, 0.3) is 0 Å². The maximum absolute atomic E-state index is 4.46. The first-order chi connectivity index (χ1) is 7.92. The molecule has 0 saturated carbocycles. The van der Waals surface area contributed by atoms with Crippen LogP contribution in [0.3, 0.4) is 0 Å². The molecule has 0 bridgehead atoms. The molecule has 3 nitrogen and oxygen atoms in total. The molecule has 3 rings (SSSR count). The van der Waals surface area contributed by atoms with Gasteiger partial charge in [0.2, 0.25) is 0 Å². The minimum absolute atomic E-state index is 0.871. The summed E-state index contributed by atoms with van der Waals surface area (Å²) in [6, 6.07) is 12.0. The summed E-state index contributed by atoms with van der Waals surface area (Å²) >= 11 is 0. The molecular weight excluding hydrogens is 198 g/mol. The van der Waals surface area contributed by atoms with Gasteiger partial charge in [-0.15, -0.1) is 0 Å². The van der Waals surface area contributed by atoms with E-state index in [1.807, 2.05) is 54.7 Å². The minimum Gasteiger partial charge on any atom is -0.362 e. The highest BCUT2D eigenvalue weighted by molar-refractivity contribution is 5.78. The summed E-state index contributed by atoms with van der Waals surface area (Å²) in [6.07, 6.45) is 5.86. The molecule has 0 unspecified atom stereocenters. The molecule has 0 radical (unpaired) electrons. The summed E-state index contributed by atoms with van der Waals surface area (Å²) in [6.45, 7) is 0. The Morgan fingerprint density at radius 1 is 1.00 bits per heavy atom. The van der Waals surface area contributed by atoms with Crippen LogP contribution in [0.5, 0.6) is 0 Å². The lowest BCUT2D eigenvalue weighted by atomic mass is 10.3. The number of imidazole rings is 1. The van der Waals surface area contributed by atoms with Gasteiger partial charge in [0, 0.05) is 11.9 Å². The van der Waals surface area contributed by atoms with E-state index in [1.54, 1.807) is 0 Å². The molecule has 1 aromatic carbocycles. The van der Waals surface area contributed by atoms with E-state index in [0.717, 1.165) is 22.6 Å². The zero-order valence-corrected chi connectivity index (χ0v) is 8.64. The molecule has 16 heavy (non-hydrogen) atoms. The van der Waals surface area contributed by atoms with Crippen molar-refractivity contribution in [3.8, 4) is 0 Å². The predicted molar refractivity (Wildman–Crippen MR) is 65.8 cm³/mol. The number of nitrogens with one attached hydrogen (secondary N) is 2. The lowest BCUT2D eigenvalue weighted by Crippen LogP contribution is -1.73. The molecule has 3 heteroatoms. The van der Waals surface area contributed by atoms with Gasteiger partial charge < -0.3 is 9.97 Å². The van der Waals surface area contributed by atoms with Crippen molar-refractivity contribution in [2.75, 3.05) is 0 Å². The zero-order valence-electron chi connectivity index (χ0n) is 8.64. The number of hydrogen-bond donors (Lipinski definition) is 2. The summed E-state index contributed by atoms with van der Waals surface area (Å²) in [4.78, 5) is 10.8. The highest BCUT2D eigenvalue weighted by atomic mass is 14.9. The second-order valence-corrected chi connectivity index (χ2v) is 3.60. The van der Waals surface area contributed by atoms with Gasteiger partial charge in [0.15, 0.2) is 0 Å². The molecule has 0 atom stereocenters. The Labute approximate surface area is 92.8 Å². The molecule has 0 aliphatic rings. The Morgan fingerprint density at radius 2 is 1.94 bits per heavy atom. The summed E-state index contributed by atoms with van der Waals surface area (Å²) in [5, 5.41) is 0. The van der Waals surface area contributed by atoms with E-state index in [2.05, 4.69) is 15.0 Å². The second kappa shape index (κ2) is 3.70. The van der Waals surface area contributed by atoms with E-state index in [1.165, 1.54) is 0 Å². The van der Waals surface area contributed by atoms with Gasteiger partial charge in [0.05, 0.1) is 11.0 Å². The Balaban J connectivity index is 1.95. The summed E-state index contributed by atoms with van der Waals surface area (Å²) < 4.78 is 0. The number of nitrogens with zero attached hydrogens (tertiary/aromatic N) is 1. The quantitative estimate of drug-likeness (QED) is 0.669. The summed E-state index contributed by atoms with van der Waals surface area (Å²) in [5.74, 6) is 0.871. The van der Waals surface area contributed by atoms with Crippen molar-refractivity contribution in [3.63, 3.8) is 0 Å². The molecular formula is C13H11N3. The first kappa shape index (κ1) is 8.97. The van der Waals surface area contributed by atoms with Gasteiger partial charge >= 0.3 is 0 Å². The van der Waals surface area contributed by atoms with Gasteiger partial charge in [-0.3, -0.25) is 0 Å². The number of H-pyrrole nitrogens is 2. The van der Waals surface area contributed by atoms with Gasteiger partial charge in [-0.2, -0.15) is 0 Å². The van der Waals surface area contributed by atoms with Crippen LogP contribution in [0.1, 0.15) is 11.5 Å². The molecule has 0 amide bonds. The number of aromatic amines is 2. The van der Waals surface area contributed by atoms with E-state index < -0.39 is 0 Å². The molecule has 2 aromatic heterocycles. The average Bonchev–Trinajstić information content (AvgIpc) is 2.95. The highest BCUT2D eigenvalue weighted by Crippen LogP contribution is 2.12.